The Labute approximate surface area is 99.8 Å². The molecule has 74 valence electrons. The van der Waals surface area contributed by atoms with Crippen molar-refractivity contribution in [2.75, 3.05) is 0 Å². The monoisotopic (exact) mass is 280 g/mol. The fourth-order valence-electron chi connectivity index (χ4n) is 1.81. The van der Waals surface area contributed by atoms with Gasteiger partial charge in [0.05, 0.1) is 5.02 Å². The highest BCUT2D eigenvalue weighted by Gasteiger charge is 2.09. The number of rotatable bonds is 0. The van der Waals surface area contributed by atoms with E-state index in [2.05, 4.69) is 22.0 Å². The summed E-state index contributed by atoms with van der Waals surface area (Å²) in [4.78, 5) is 0. The Bertz CT molecular complexity index is 657. The molecule has 3 heteroatoms. The molecule has 0 aliphatic rings. The third kappa shape index (κ3) is 1.36. The fraction of sp³-hybridized carbons (Fsp3) is 0. The van der Waals surface area contributed by atoms with Gasteiger partial charge in [-0.2, -0.15) is 0 Å². The topological polar surface area (TPSA) is 13.1 Å². The van der Waals surface area contributed by atoms with E-state index in [4.69, 9.17) is 16.0 Å². The van der Waals surface area contributed by atoms with Crippen LogP contribution in [0.1, 0.15) is 0 Å². The molecule has 1 nitrogen and oxygen atoms in total. The van der Waals surface area contributed by atoms with E-state index in [1.807, 2.05) is 30.3 Å². The lowest BCUT2D eigenvalue weighted by Crippen LogP contribution is -1.74. The number of furan rings is 1. The molecule has 0 bridgehead atoms. The van der Waals surface area contributed by atoms with Crippen molar-refractivity contribution in [2.45, 2.75) is 0 Å². The van der Waals surface area contributed by atoms with Crippen LogP contribution in [0.3, 0.4) is 0 Å². The summed E-state index contributed by atoms with van der Waals surface area (Å²) < 4.78 is 6.20. The summed E-state index contributed by atoms with van der Waals surface area (Å²) >= 11 is 9.45. The van der Waals surface area contributed by atoms with E-state index < -0.39 is 0 Å². The van der Waals surface area contributed by atoms with E-state index in [0.29, 0.717) is 9.69 Å². The third-order valence-corrected chi connectivity index (χ3v) is 3.12. The van der Waals surface area contributed by atoms with Gasteiger partial charge in [0.2, 0.25) is 0 Å². The smallest absolute Gasteiger partial charge is 0.170 e. The first kappa shape index (κ1) is 9.25. The Hall–Kier alpha value is -0.990. The van der Waals surface area contributed by atoms with Crippen LogP contribution in [-0.4, -0.2) is 0 Å². The number of halogens is 2. The van der Waals surface area contributed by atoms with Crippen LogP contribution in [-0.2, 0) is 0 Å². The fourth-order valence-corrected chi connectivity index (χ4v) is 2.46. The van der Waals surface area contributed by atoms with Crippen LogP contribution in [0.5, 0.6) is 0 Å². The molecule has 0 fully saturated rings. The van der Waals surface area contributed by atoms with Crippen LogP contribution in [0.4, 0.5) is 0 Å². The minimum Gasteiger partial charge on any atom is -0.448 e. The number of hydrogen-bond acceptors (Lipinski definition) is 1. The SMILES string of the molecule is Clc1cc2ccccc2c2cc(Br)oc12. The van der Waals surface area contributed by atoms with Crippen LogP contribution in [0.2, 0.25) is 5.02 Å². The zero-order chi connectivity index (χ0) is 10.4. The van der Waals surface area contributed by atoms with E-state index in [0.717, 1.165) is 21.7 Å². The average Bonchev–Trinajstić information content (AvgIpc) is 2.61. The number of benzene rings is 2. The zero-order valence-corrected chi connectivity index (χ0v) is 9.97. The molecule has 0 spiro atoms. The molecule has 0 atom stereocenters. The average molecular weight is 282 g/mol. The predicted molar refractivity (Wildman–Crippen MR) is 66.4 cm³/mol. The van der Waals surface area contributed by atoms with Crippen molar-refractivity contribution in [3.05, 3.63) is 46.1 Å². The van der Waals surface area contributed by atoms with Crippen molar-refractivity contribution in [3.63, 3.8) is 0 Å². The van der Waals surface area contributed by atoms with Crippen LogP contribution >= 0.6 is 27.5 Å². The van der Waals surface area contributed by atoms with Gasteiger partial charge in [0.1, 0.15) is 0 Å². The largest absolute Gasteiger partial charge is 0.448 e. The highest BCUT2D eigenvalue weighted by atomic mass is 79.9. The Morgan fingerprint density at radius 3 is 2.73 bits per heavy atom. The van der Waals surface area contributed by atoms with Crippen molar-refractivity contribution in [2.24, 2.45) is 0 Å². The lowest BCUT2D eigenvalue weighted by atomic mass is 10.1. The summed E-state index contributed by atoms with van der Waals surface area (Å²) in [6.45, 7) is 0. The molecule has 0 aliphatic carbocycles. The van der Waals surface area contributed by atoms with Gasteiger partial charge in [-0.15, -0.1) is 0 Å². The maximum Gasteiger partial charge on any atom is 0.170 e. The Morgan fingerprint density at radius 1 is 1.07 bits per heavy atom. The molecule has 0 amide bonds. The van der Waals surface area contributed by atoms with Gasteiger partial charge in [0.15, 0.2) is 10.3 Å². The first-order chi connectivity index (χ1) is 7.25. The summed E-state index contributed by atoms with van der Waals surface area (Å²) in [5, 5.41) is 3.98. The highest BCUT2D eigenvalue weighted by Crippen LogP contribution is 2.35. The molecule has 15 heavy (non-hydrogen) atoms. The first-order valence-corrected chi connectivity index (χ1v) is 5.69. The van der Waals surface area contributed by atoms with Gasteiger partial charge in [-0.25, -0.2) is 0 Å². The summed E-state index contributed by atoms with van der Waals surface area (Å²) in [6, 6.07) is 12.0. The maximum absolute atomic E-state index is 6.13. The Kier molecular flexibility index (Phi) is 2.01. The molecule has 1 aromatic heterocycles. The molecule has 0 saturated carbocycles. The van der Waals surface area contributed by atoms with Gasteiger partial charge >= 0.3 is 0 Å². The van der Waals surface area contributed by atoms with E-state index in [-0.39, 0.29) is 0 Å². The summed E-state index contributed by atoms with van der Waals surface area (Å²) in [6.07, 6.45) is 0. The van der Waals surface area contributed by atoms with Crippen LogP contribution in [0.15, 0.2) is 45.5 Å². The molecule has 3 rings (SSSR count). The minimum absolute atomic E-state index is 0.648. The maximum atomic E-state index is 6.13. The quantitative estimate of drug-likeness (QED) is 0.565. The van der Waals surface area contributed by atoms with E-state index in [1.54, 1.807) is 0 Å². The Morgan fingerprint density at radius 2 is 1.87 bits per heavy atom. The molecule has 0 aliphatic heterocycles. The normalized spacial score (nSPS) is 11.3. The van der Waals surface area contributed by atoms with E-state index >= 15 is 0 Å². The van der Waals surface area contributed by atoms with Crippen molar-refractivity contribution in [1.29, 1.82) is 0 Å². The van der Waals surface area contributed by atoms with Crippen molar-refractivity contribution < 1.29 is 4.42 Å². The van der Waals surface area contributed by atoms with Gasteiger partial charge < -0.3 is 4.42 Å². The number of fused-ring (bicyclic) bond motifs is 3. The van der Waals surface area contributed by atoms with Crippen molar-refractivity contribution in [1.82, 2.24) is 0 Å². The van der Waals surface area contributed by atoms with Gasteiger partial charge in [-0.05, 0) is 38.8 Å². The van der Waals surface area contributed by atoms with Crippen LogP contribution < -0.4 is 0 Å². The lowest BCUT2D eigenvalue weighted by Gasteiger charge is -1.99. The second kappa shape index (κ2) is 3.26. The summed E-state index contributed by atoms with van der Waals surface area (Å²) in [5.74, 6) is 0. The van der Waals surface area contributed by atoms with Crippen LogP contribution in [0, 0.1) is 0 Å². The standard InChI is InChI=1S/C12H6BrClO/c13-11-6-9-8-4-2-1-3-7(8)5-10(14)12(9)15-11/h1-6H. The van der Waals surface area contributed by atoms with Crippen molar-refractivity contribution >= 4 is 49.3 Å². The molecule has 0 saturated heterocycles. The molecule has 0 radical (unpaired) electrons. The molecular weight excluding hydrogens is 275 g/mol. The zero-order valence-electron chi connectivity index (χ0n) is 7.63. The van der Waals surface area contributed by atoms with E-state index in [1.165, 1.54) is 0 Å². The molecule has 2 aromatic carbocycles. The van der Waals surface area contributed by atoms with Gasteiger partial charge in [0, 0.05) is 5.39 Å². The van der Waals surface area contributed by atoms with Gasteiger partial charge in [-0.1, -0.05) is 35.9 Å². The second-order valence-corrected chi connectivity index (χ2v) is 4.56. The predicted octanol–water partition coefficient (Wildman–Crippen LogP) is 5.00. The molecular formula is C12H6BrClO. The molecule has 1 heterocycles. The third-order valence-electron chi connectivity index (χ3n) is 2.45. The lowest BCUT2D eigenvalue weighted by molar-refractivity contribution is 0.587. The summed E-state index contributed by atoms with van der Waals surface area (Å²) in [7, 11) is 0. The number of hydrogen-bond donors (Lipinski definition) is 0. The molecule has 0 unspecified atom stereocenters. The van der Waals surface area contributed by atoms with Gasteiger partial charge in [-0.3, -0.25) is 0 Å². The first-order valence-electron chi connectivity index (χ1n) is 4.52. The van der Waals surface area contributed by atoms with E-state index in [9.17, 15) is 0 Å². The van der Waals surface area contributed by atoms with Crippen LogP contribution in [0.25, 0.3) is 21.7 Å². The minimum atomic E-state index is 0.648. The van der Waals surface area contributed by atoms with Gasteiger partial charge in [0.25, 0.3) is 0 Å². The second-order valence-electron chi connectivity index (χ2n) is 3.37. The van der Waals surface area contributed by atoms with Crippen molar-refractivity contribution in [3.8, 4) is 0 Å². The Balaban J connectivity index is 2.63. The molecule has 3 aromatic rings. The molecule has 0 N–H and O–H groups in total. The highest BCUT2D eigenvalue weighted by molar-refractivity contribution is 9.10. The summed E-state index contributed by atoms with van der Waals surface area (Å²) in [5.41, 5.74) is 0.738.